The number of hydrogen-bond acceptors (Lipinski definition) is 6. The molecule has 0 aliphatic heterocycles. The lowest BCUT2D eigenvalue weighted by Crippen LogP contribution is -2.19. The second-order valence-electron chi connectivity index (χ2n) is 4.85. The van der Waals surface area contributed by atoms with Gasteiger partial charge in [-0.1, -0.05) is 12.1 Å². The van der Waals surface area contributed by atoms with Crippen LogP contribution in [0.2, 0.25) is 0 Å². The van der Waals surface area contributed by atoms with Crippen molar-refractivity contribution in [1.29, 1.82) is 0 Å². The Hall–Kier alpha value is -2.21. The first-order chi connectivity index (χ1) is 10.2. The van der Waals surface area contributed by atoms with Crippen molar-refractivity contribution in [1.82, 2.24) is 15.0 Å². The summed E-state index contributed by atoms with van der Waals surface area (Å²) in [4.78, 5) is 16.8. The van der Waals surface area contributed by atoms with Crippen LogP contribution in [0.4, 0.5) is 11.8 Å². The lowest BCUT2D eigenvalue weighted by Gasteiger charge is -2.20. The van der Waals surface area contributed by atoms with E-state index < -0.39 is 0 Å². The molecule has 6 heteroatoms. The van der Waals surface area contributed by atoms with Gasteiger partial charge in [-0.05, 0) is 19.1 Å². The molecule has 21 heavy (non-hydrogen) atoms. The molecule has 0 aliphatic carbocycles. The molecule has 0 spiro atoms. The highest BCUT2D eigenvalue weighted by atomic mass is 32.1. The predicted octanol–water partition coefficient (Wildman–Crippen LogP) is 3.07. The summed E-state index contributed by atoms with van der Waals surface area (Å²) in [5.41, 5.74) is 3.91. The van der Waals surface area contributed by atoms with Gasteiger partial charge in [-0.3, -0.25) is 0 Å². The smallest absolute Gasteiger partial charge is 0.224 e. The molecule has 108 valence electrons. The molecule has 0 fully saturated rings. The van der Waals surface area contributed by atoms with E-state index in [4.69, 9.17) is 0 Å². The van der Waals surface area contributed by atoms with E-state index >= 15 is 0 Å². The zero-order valence-corrected chi connectivity index (χ0v) is 13.1. The molecule has 0 radical (unpaired) electrons. The highest BCUT2D eigenvalue weighted by molar-refractivity contribution is 7.09. The van der Waals surface area contributed by atoms with Gasteiger partial charge in [0.05, 0.1) is 23.3 Å². The van der Waals surface area contributed by atoms with Crippen molar-refractivity contribution in [3.63, 3.8) is 0 Å². The van der Waals surface area contributed by atoms with Gasteiger partial charge in [-0.2, -0.15) is 4.98 Å². The summed E-state index contributed by atoms with van der Waals surface area (Å²) in [6.45, 7) is 2.83. The quantitative estimate of drug-likeness (QED) is 0.802. The molecule has 5 nitrogen and oxygen atoms in total. The first-order valence-electron chi connectivity index (χ1n) is 6.73. The third-order valence-electron chi connectivity index (χ3n) is 3.39. The summed E-state index contributed by atoms with van der Waals surface area (Å²) < 4.78 is 0. The monoisotopic (exact) mass is 299 g/mol. The lowest BCUT2D eigenvalue weighted by molar-refractivity contribution is 0.904. The van der Waals surface area contributed by atoms with Gasteiger partial charge in [0.2, 0.25) is 5.95 Å². The standard InChI is InChI=1S/C15H17N5S/c1-10-13(21-9-17-10)8-20(3)14-11-6-4-5-7-12(11)18-15(16-2)19-14/h4-7,9H,8H2,1-3H3,(H,16,18,19). The molecule has 1 N–H and O–H groups in total. The Morgan fingerprint density at radius 1 is 1.24 bits per heavy atom. The second-order valence-corrected chi connectivity index (χ2v) is 5.79. The number of nitrogens with zero attached hydrogens (tertiary/aromatic N) is 4. The number of aryl methyl sites for hydroxylation is 1. The number of fused-ring (bicyclic) bond motifs is 1. The van der Waals surface area contributed by atoms with Gasteiger partial charge in [-0.25, -0.2) is 9.97 Å². The van der Waals surface area contributed by atoms with Crippen molar-refractivity contribution in [3.05, 3.63) is 40.3 Å². The fraction of sp³-hybridized carbons (Fsp3) is 0.267. The van der Waals surface area contributed by atoms with E-state index in [1.807, 2.05) is 44.7 Å². The summed E-state index contributed by atoms with van der Waals surface area (Å²) in [5.74, 6) is 1.56. The van der Waals surface area contributed by atoms with Crippen LogP contribution in [0.5, 0.6) is 0 Å². The fourth-order valence-electron chi connectivity index (χ4n) is 2.23. The normalized spacial score (nSPS) is 10.8. The molecule has 0 amide bonds. The Morgan fingerprint density at radius 2 is 2.05 bits per heavy atom. The van der Waals surface area contributed by atoms with Gasteiger partial charge in [0.25, 0.3) is 0 Å². The van der Waals surface area contributed by atoms with Gasteiger partial charge >= 0.3 is 0 Å². The molecule has 3 rings (SSSR count). The van der Waals surface area contributed by atoms with E-state index in [1.165, 1.54) is 4.88 Å². The van der Waals surface area contributed by atoms with Gasteiger partial charge in [0, 0.05) is 24.4 Å². The van der Waals surface area contributed by atoms with Crippen LogP contribution < -0.4 is 10.2 Å². The molecular weight excluding hydrogens is 282 g/mol. The van der Waals surface area contributed by atoms with Crippen molar-refractivity contribution < 1.29 is 0 Å². The molecule has 2 aromatic heterocycles. The average Bonchev–Trinajstić information content (AvgIpc) is 2.91. The summed E-state index contributed by atoms with van der Waals surface area (Å²) in [6.07, 6.45) is 0. The van der Waals surface area contributed by atoms with Crippen molar-refractivity contribution in [2.75, 3.05) is 24.3 Å². The molecule has 0 unspecified atom stereocenters. The second kappa shape index (κ2) is 5.65. The molecule has 0 saturated heterocycles. The van der Waals surface area contributed by atoms with E-state index in [0.29, 0.717) is 5.95 Å². The first-order valence-corrected chi connectivity index (χ1v) is 7.61. The third-order valence-corrected chi connectivity index (χ3v) is 4.31. The molecule has 2 heterocycles. The third kappa shape index (κ3) is 2.67. The molecule has 0 atom stereocenters. The molecule has 0 aliphatic rings. The number of thiazole rings is 1. The minimum atomic E-state index is 0.636. The highest BCUT2D eigenvalue weighted by Crippen LogP contribution is 2.26. The minimum absolute atomic E-state index is 0.636. The number of nitrogens with one attached hydrogen (secondary N) is 1. The Kier molecular flexibility index (Phi) is 3.70. The largest absolute Gasteiger partial charge is 0.357 e. The van der Waals surface area contributed by atoms with Crippen molar-refractivity contribution in [2.45, 2.75) is 13.5 Å². The van der Waals surface area contributed by atoms with Crippen molar-refractivity contribution >= 4 is 34.0 Å². The fourth-order valence-corrected chi connectivity index (χ4v) is 3.06. The van der Waals surface area contributed by atoms with Crippen LogP contribution in [0.3, 0.4) is 0 Å². The van der Waals surface area contributed by atoms with Crippen LogP contribution in [0.25, 0.3) is 10.9 Å². The number of hydrogen-bond donors (Lipinski definition) is 1. The first kappa shape index (κ1) is 13.8. The van der Waals surface area contributed by atoms with Crippen LogP contribution in [0, 0.1) is 6.92 Å². The van der Waals surface area contributed by atoms with Crippen LogP contribution in [-0.4, -0.2) is 29.0 Å². The maximum atomic E-state index is 4.62. The maximum Gasteiger partial charge on any atom is 0.224 e. The number of anilines is 2. The van der Waals surface area contributed by atoms with Gasteiger partial charge in [-0.15, -0.1) is 11.3 Å². The highest BCUT2D eigenvalue weighted by Gasteiger charge is 2.13. The van der Waals surface area contributed by atoms with Gasteiger partial charge < -0.3 is 10.2 Å². The minimum Gasteiger partial charge on any atom is -0.357 e. The number of para-hydroxylation sites is 1. The molecule has 1 aromatic carbocycles. The van der Waals surface area contributed by atoms with Crippen molar-refractivity contribution in [2.24, 2.45) is 0 Å². The number of benzene rings is 1. The van der Waals surface area contributed by atoms with Crippen LogP contribution in [0.1, 0.15) is 10.6 Å². The van der Waals surface area contributed by atoms with E-state index in [0.717, 1.165) is 29.0 Å². The zero-order valence-electron chi connectivity index (χ0n) is 12.3. The molecule has 0 bridgehead atoms. The summed E-state index contributed by atoms with van der Waals surface area (Å²) in [6, 6.07) is 8.07. The van der Waals surface area contributed by atoms with E-state index in [-0.39, 0.29) is 0 Å². The van der Waals surface area contributed by atoms with Crippen LogP contribution in [-0.2, 0) is 6.54 Å². The average molecular weight is 299 g/mol. The number of rotatable bonds is 4. The Bertz CT molecular complexity index is 768. The van der Waals surface area contributed by atoms with Crippen LogP contribution >= 0.6 is 11.3 Å². The summed E-state index contributed by atoms with van der Waals surface area (Å²) in [5, 5.41) is 4.08. The van der Waals surface area contributed by atoms with E-state index in [2.05, 4.69) is 31.2 Å². The Morgan fingerprint density at radius 3 is 2.76 bits per heavy atom. The lowest BCUT2D eigenvalue weighted by atomic mass is 10.2. The topological polar surface area (TPSA) is 53.9 Å². The Labute approximate surface area is 127 Å². The zero-order chi connectivity index (χ0) is 14.8. The SMILES string of the molecule is CNc1nc(N(C)Cc2scnc2C)c2ccccc2n1. The summed E-state index contributed by atoms with van der Waals surface area (Å²) >= 11 is 1.68. The Balaban J connectivity index is 2.04. The van der Waals surface area contributed by atoms with Crippen LogP contribution in [0.15, 0.2) is 29.8 Å². The molecule has 0 saturated carbocycles. The van der Waals surface area contributed by atoms with E-state index in [1.54, 1.807) is 11.3 Å². The predicted molar refractivity (Wildman–Crippen MR) is 88.0 cm³/mol. The maximum absolute atomic E-state index is 4.62. The summed E-state index contributed by atoms with van der Waals surface area (Å²) in [7, 11) is 3.88. The van der Waals surface area contributed by atoms with Gasteiger partial charge in [0.15, 0.2) is 0 Å². The van der Waals surface area contributed by atoms with Crippen molar-refractivity contribution in [3.8, 4) is 0 Å². The van der Waals surface area contributed by atoms with E-state index in [9.17, 15) is 0 Å². The molecular formula is C15H17N5S. The van der Waals surface area contributed by atoms with Gasteiger partial charge in [0.1, 0.15) is 5.82 Å². The molecule has 3 aromatic rings. The number of aromatic nitrogens is 3.